The number of hydrogen-bond donors (Lipinski definition) is 2. The number of methoxy groups -OCH3 is 1. The van der Waals surface area contributed by atoms with E-state index >= 15 is 0 Å². The molecule has 1 aliphatic rings. The molecule has 3 N–H and O–H groups in total. The van der Waals surface area contributed by atoms with Crippen molar-refractivity contribution in [3.05, 3.63) is 0 Å². The first-order chi connectivity index (χ1) is 5.66. The van der Waals surface area contributed by atoms with E-state index in [0.717, 1.165) is 12.8 Å². The van der Waals surface area contributed by atoms with Gasteiger partial charge in [-0.15, -0.1) is 0 Å². The van der Waals surface area contributed by atoms with Crippen molar-refractivity contribution in [1.82, 2.24) is 4.90 Å². The maximum Gasteiger partial charge on any atom is 0.328 e. The van der Waals surface area contributed by atoms with Crippen molar-refractivity contribution < 1.29 is 9.53 Å². The zero-order valence-electron chi connectivity index (χ0n) is 7.04. The summed E-state index contributed by atoms with van der Waals surface area (Å²) in [6.45, 7) is 0.676. The summed E-state index contributed by atoms with van der Waals surface area (Å²) in [5, 5.41) is 7.19. The average molecular weight is 171 g/mol. The van der Waals surface area contributed by atoms with Crippen LogP contribution in [0.25, 0.3) is 0 Å². The minimum atomic E-state index is -0.340. The highest BCUT2D eigenvalue weighted by Gasteiger charge is 2.32. The molecule has 1 atom stereocenters. The van der Waals surface area contributed by atoms with E-state index in [2.05, 4.69) is 4.74 Å². The van der Waals surface area contributed by atoms with E-state index in [9.17, 15) is 4.79 Å². The number of esters is 1. The van der Waals surface area contributed by atoms with Crippen molar-refractivity contribution in [3.8, 4) is 0 Å². The van der Waals surface area contributed by atoms with E-state index in [4.69, 9.17) is 11.1 Å². The molecule has 0 bridgehead atoms. The van der Waals surface area contributed by atoms with Crippen LogP contribution < -0.4 is 5.73 Å². The molecule has 0 aromatic carbocycles. The summed E-state index contributed by atoms with van der Waals surface area (Å²) in [6.07, 6.45) is 1.62. The van der Waals surface area contributed by atoms with E-state index in [0.29, 0.717) is 6.54 Å². The second kappa shape index (κ2) is 3.42. The highest BCUT2D eigenvalue weighted by Crippen LogP contribution is 2.16. The summed E-state index contributed by atoms with van der Waals surface area (Å²) in [7, 11) is 1.35. The average Bonchev–Trinajstić information content (AvgIpc) is 2.50. The lowest BCUT2D eigenvalue weighted by Crippen LogP contribution is -2.44. The first kappa shape index (κ1) is 8.83. The Kier molecular flexibility index (Phi) is 2.52. The monoisotopic (exact) mass is 171 g/mol. The van der Waals surface area contributed by atoms with Gasteiger partial charge in [0.15, 0.2) is 5.96 Å². The van der Waals surface area contributed by atoms with Crippen LogP contribution in [0.5, 0.6) is 0 Å². The number of ether oxygens (including phenoxy) is 1. The van der Waals surface area contributed by atoms with Gasteiger partial charge in [0, 0.05) is 6.54 Å². The quantitative estimate of drug-likeness (QED) is 0.317. The van der Waals surface area contributed by atoms with Gasteiger partial charge < -0.3 is 15.4 Å². The number of guanidine groups is 1. The Balaban J connectivity index is 2.63. The molecule has 0 aliphatic carbocycles. The predicted octanol–water partition coefficient (Wildman–Crippen LogP) is -0.483. The van der Waals surface area contributed by atoms with Crippen LogP contribution in [0.1, 0.15) is 12.8 Å². The van der Waals surface area contributed by atoms with Crippen molar-refractivity contribution in [1.29, 1.82) is 5.41 Å². The van der Waals surface area contributed by atoms with Crippen molar-refractivity contribution in [2.45, 2.75) is 18.9 Å². The minimum absolute atomic E-state index is 0.0529. The molecular formula is C7H13N3O2. The molecule has 1 saturated heterocycles. The number of carbonyl (C=O) groups excluding carboxylic acids is 1. The van der Waals surface area contributed by atoms with Gasteiger partial charge in [-0.1, -0.05) is 0 Å². The zero-order chi connectivity index (χ0) is 9.14. The molecule has 5 heteroatoms. The number of hydrogen-bond acceptors (Lipinski definition) is 3. The third-order valence-corrected chi connectivity index (χ3v) is 2.04. The molecule has 1 heterocycles. The Morgan fingerprint density at radius 1 is 1.75 bits per heavy atom. The summed E-state index contributed by atoms with van der Waals surface area (Å²) in [5.74, 6) is -0.356. The van der Waals surface area contributed by atoms with Crippen LogP contribution in [-0.4, -0.2) is 36.5 Å². The van der Waals surface area contributed by atoms with Crippen molar-refractivity contribution in [3.63, 3.8) is 0 Å². The van der Waals surface area contributed by atoms with Gasteiger partial charge in [-0.2, -0.15) is 0 Å². The topological polar surface area (TPSA) is 79.4 Å². The third-order valence-electron chi connectivity index (χ3n) is 2.04. The third kappa shape index (κ3) is 1.49. The van der Waals surface area contributed by atoms with Crippen LogP contribution in [0.4, 0.5) is 0 Å². The molecule has 0 aromatic heterocycles. The molecule has 0 unspecified atom stereocenters. The molecule has 12 heavy (non-hydrogen) atoms. The van der Waals surface area contributed by atoms with E-state index in [-0.39, 0.29) is 18.0 Å². The fourth-order valence-corrected chi connectivity index (χ4v) is 1.44. The molecule has 0 radical (unpaired) electrons. The second-order valence-corrected chi connectivity index (χ2v) is 2.76. The number of nitrogens with two attached hydrogens (primary N) is 1. The largest absolute Gasteiger partial charge is 0.467 e. The molecule has 0 amide bonds. The first-order valence-corrected chi connectivity index (χ1v) is 3.85. The van der Waals surface area contributed by atoms with Crippen LogP contribution in [0, 0.1) is 5.41 Å². The summed E-state index contributed by atoms with van der Waals surface area (Å²) >= 11 is 0. The smallest absolute Gasteiger partial charge is 0.328 e. The normalized spacial score (nSPS) is 22.4. The lowest BCUT2D eigenvalue weighted by atomic mass is 10.2. The minimum Gasteiger partial charge on any atom is -0.467 e. The fourth-order valence-electron chi connectivity index (χ4n) is 1.44. The molecule has 1 rings (SSSR count). The molecular weight excluding hydrogens is 158 g/mol. The van der Waals surface area contributed by atoms with E-state index in [1.165, 1.54) is 7.11 Å². The predicted molar refractivity (Wildman–Crippen MR) is 43.7 cm³/mol. The number of likely N-dealkylation sites (tertiary alicyclic amines) is 1. The summed E-state index contributed by atoms with van der Waals surface area (Å²) < 4.78 is 4.58. The van der Waals surface area contributed by atoms with Gasteiger partial charge in [-0.3, -0.25) is 5.41 Å². The molecule has 0 spiro atoms. The Hall–Kier alpha value is -1.26. The van der Waals surface area contributed by atoms with Crippen LogP contribution >= 0.6 is 0 Å². The van der Waals surface area contributed by atoms with Gasteiger partial charge in [-0.25, -0.2) is 4.79 Å². The van der Waals surface area contributed by atoms with Crippen LogP contribution in [0.15, 0.2) is 0 Å². The second-order valence-electron chi connectivity index (χ2n) is 2.76. The van der Waals surface area contributed by atoms with E-state index in [1.54, 1.807) is 4.90 Å². The number of nitrogens with zero attached hydrogens (tertiary/aromatic N) is 1. The van der Waals surface area contributed by atoms with Crippen molar-refractivity contribution in [2.75, 3.05) is 13.7 Å². The molecule has 1 fully saturated rings. The van der Waals surface area contributed by atoms with Gasteiger partial charge in [0.2, 0.25) is 0 Å². The SMILES string of the molecule is COC(=O)[C@@H]1CCCN1C(=N)N. The summed E-state index contributed by atoms with van der Waals surface area (Å²) in [4.78, 5) is 12.7. The number of rotatable bonds is 1. The number of carbonyl (C=O) groups is 1. The lowest BCUT2D eigenvalue weighted by molar-refractivity contribution is -0.144. The van der Waals surface area contributed by atoms with Gasteiger partial charge in [0.1, 0.15) is 6.04 Å². The summed E-state index contributed by atoms with van der Waals surface area (Å²) in [6, 6.07) is -0.340. The molecule has 0 aromatic rings. The fraction of sp³-hybridized carbons (Fsp3) is 0.714. The lowest BCUT2D eigenvalue weighted by Gasteiger charge is -2.21. The number of nitrogens with one attached hydrogen (secondary N) is 1. The van der Waals surface area contributed by atoms with E-state index < -0.39 is 0 Å². The van der Waals surface area contributed by atoms with Crippen LogP contribution in [0.3, 0.4) is 0 Å². The summed E-state index contributed by atoms with van der Waals surface area (Å²) in [5.41, 5.74) is 5.28. The Labute approximate surface area is 71.0 Å². The highest BCUT2D eigenvalue weighted by molar-refractivity contribution is 5.84. The van der Waals surface area contributed by atoms with Gasteiger partial charge in [0.25, 0.3) is 0 Å². The van der Waals surface area contributed by atoms with Crippen molar-refractivity contribution in [2.24, 2.45) is 5.73 Å². The first-order valence-electron chi connectivity index (χ1n) is 3.85. The standard InChI is InChI=1S/C7H13N3O2/c1-12-6(11)5-3-2-4-10(5)7(8)9/h5H,2-4H2,1H3,(H3,8,9)/t5-/m0/s1. The van der Waals surface area contributed by atoms with E-state index in [1.807, 2.05) is 0 Å². The Bertz CT molecular complexity index is 205. The molecule has 1 aliphatic heterocycles. The van der Waals surface area contributed by atoms with Gasteiger partial charge >= 0.3 is 5.97 Å². The molecule has 0 saturated carbocycles. The molecule has 68 valence electrons. The van der Waals surface area contributed by atoms with Crippen molar-refractivity contribution >= 4 is 11.9 Å². The Morgan fingerprint density at radius 3 is 2.92 bits per heavy atom. The van der Waals surface area contributed by atoms with Crippen LogP contribution in [-0.2, 0) is 9.53 Å². The maximum atomic E-state index is 11.1. The van der Waals surface area contributed by atoms with Gasteiger partial charge in [0.05, 0.1) is 7.11 Å². The van der Waals surface area contributed by atoms with Crippen LogP contribution in [0.2, 0.25) is 0 Å². The molecule has 5 nitrogen and oxygen atoms in total. The zero-order valence-corrected chi connectivity index (χ0v) is 7.04. The van der Waals surface area contributed by atoms with Gasteiger partial charge in [-0.05, 0) is 12.8 Å². The maximum absolute atomic E-state index is 11.1. The Morgan fingerprint density at radius 2 is 2.42 bits per heavy atom. The highest BCUT2D eigenvalue weighted by atomic mass is 16.5.